The molecule has 11 heteroatoms. The zero-order valence-corrected chi connectivity index (χ0v) is 21.6. The number of hydrazone groups is 1. The van der Waals surface area contributed by atoms with Crippen molar-refractivity contribution in [3.8, 4) is 17.2 Å². The van der Waals surface area contributed by atoms with Crippen molar-refractivity contribution >= 4 is 51.0 Å². The fourth-order valence-corrected chi connectivity index (χ4v) is 4.26. The molecule has 0 amide bonds. The fourth-order valence-electron chi connectivity index (χ4n) is 4.10. The first-order valence-electron chi connectivity index (χ1n) is 11.7. The van der Waals surface area contributed by atoms with Gasteiger partial charge in [-0.15, -0.1) is 13.2 Å². The summed E-state index contributed by atoms with van der Waals surface area (Å²) < 4.78 is 48.4. The molecular formula is C28H22F3N5O2S. The maximum atomic E-state index is 12.5. The van der Waals surface area contributed by atoms with Gasteiger partial charge >= 0.3 is 6.36 Å². The van der Waals surface area contributed by atoms with Crippen LogP contribution in [0.5, 0.6) is 11.5 Å². The summed E-state index contributed by atoms with van der Waals surface area (Å²) in [6.45, 7) is 1.96. The SMILES string of the molecule is COc1ccc(C)c(NC(=S)N/N=C/c2ccc3c(ccc4c3ncn4-c3ccc(OC(F)(F)F)cc3)c2)c1. The van der Waals surface area contributed by atoms with E-state index < -0.39 is 6.36 Å². The van der Waals surface area contributed by atoms with Crippen molar-refractivity contribution in [2.45, 2.75) is 13.3 Å². The number of alkyl halides is 3. The van der Waals surface area contributed by atoms with Gasteiger partial charge in [0, 0.05) is 22.8 Å². The third-order valence-electron chi connectivity index (χ3n) is 5.98. The molecule has 0 radical (unpaired) electrons. The third kappa shape index (κ3) is 5.93. The zero-order chi connectivity index (χ0) is 27.6. The maximum Gasteiger partial charge on any atom is 0.573 e. The highest BCUT2D eigenvalue weighted by Crippen LogP contribution is 2.29. The highest BCUT2D eigenvalue weighted by atomic mass is 32.1. The molecule has 0 aliphatic carbocycles. The number of rotatable bonds is 6. The summed E-state index contributed by atoms with van der Waals surface area (Å²) in [4.78, 5) is 4.55. The Kier molecular flexibility index (Phi) is 7.07. The van der Waals surface area contributed by atoms with Gasteiger partial charge in [0.05, 0.1) is 24.4 Å². The van der Waals surface area contributed by atoms with Gasteiger partial charge in [0.2, 0.25) is 0 Å². The average Bonchev–Trinajstić information content (AvgIpc) is 3.34. The van der Waals surface area contributed by atoms with E-state index in [0.29, 0.717) is 10.8 Å². The van der Waals surface area contributed by atoms with Gasteiger partial charge in [-0.2, -0.15) is 5.10 Å². The lowest BCUT2D eigenvalue weighted by Gasteiger charge is -2.11. The first kappa shape index (κ1) is 26.0. The van der Waals surface area contributed by atoms with Crippen LogP contribution in [-0.4, -0.2) is 34.4 Å². The molecule has 1 heterocycles. The molecule has 0 bridgehead atoms. The number of nitrogens with one attached hydrogen (secondary N) is 2. The number of fused-ring (bicyclic) bond motifs is 3. The molecule has 198 valence electrons. The number of hydrogen-bond donors (Lipinski definition) is 2. The summed E-state index contributed by atoms with van der Waals surface area (Å²) >= 11 is 5.35. The highest BCUT2D eigenvalue weighted by molar-refractivity contribution is 7.80. The van der Waals surface area contributed by atoms with Gasteiger partial charge in [0.15, 0.2) is 5.11 Å². The second kappa shape index (κ2) is 10.6. The topological polar surface area (TPSA) is 72.7 Å². The van der Waals surface area contributed by atoms with E-state index in [9.17, 15) is 13.2 Å². The zero-order valence-electron chi connectivity index (χ0n) is 20.8. The van der Waals surface area contributed by atoms with Gasteiger partial charge in [-0.1, -0.05) is 24.3 Å². The van der Waals surface area contributed by atoms with E-state index in [2.05, 4.69) is 25.6 Å². The Morgan fingerprint density at radius 2 is 1.77 bits per heavy atom. The Morgan fingerprint density at radius 3 is 2.51 bits per heavy atom. The highest BCUT2D eigenvalue weighted by Gasteiger charge is 2.31. The van der Waals surface area contributed by atoms with Gasteiger partial charge in [0.25, 0.3) is 0 Å². The molecule has 7 nitrogen and oxygen atoms in total. The van der Waals surface area contributed by atoms with Crippen LogP contribution < -0.4 is 20.2 Å². The molecule has 0 saturated carbocycles. The third-order valence-corrected chi connectivity index (χ3v) is 6.17. The van der Waals surface area contributed by atoms with Crippen LogP contribution in [0.4, 0.5) is 18.9 Å². The van der Waals surface area contributed by atoms with Crippen LogP contribution in [0.15, 0.2) is 84.2 Å². The van der Waals surface area contributed by atoms with Crippen molar-refractivity contribution in [1.82, 2.24) is 15.0 Å². The molecule has 5 rings (SSSR count). The minimum Gasteiger partial charge on any atom is -0.497 e. The van der Waals surface area contributed by atoms with Crippen molar-refractivity contribution < 1.29 is 22.6 Å². The summed E-state index contributed by atoms with van der Waals surface area (Å²) in [6.07, 6.45) is -1.43. The largest absolute Gasteiger partial charge is 0.573 e. The smallest absolute Gasteiger partial charge is 0.497 e. The molecule has 5 aromatic rings. The van der Waals surface area contributed by atoms with E-state index in [0.717, 1.165) is 44.4 Å². The molecule has 0 atom stereocenters. The predicted octanol–water partition coefficient (Wildman–Crippen LogP) is 6.71. The molecule has 0 aliphatic heterocycles. The Bertz CT molecular complexity index is 1700. The van der Waals surface area contributed by atoms with E-state index in [1.165, 1.54) is 12.1 Å². The summed E-state index contributed by atoms with van der Waals surface area (Å²) in [5.74, 6) is 0.440. The number of hydrogen-bond acceptors (Lipinski definition) is 5. The van der Waals surface area contributed by atoms with Crippen LogP contribution in [-0.2, 0) is 0 Å². The lowest BCUT2D eigenvalue weighted by Crippen LogP contribution is -2.24. The van der Waals surface area contributed by atoms with Crippen LogP contribution in [0.3, 0.4) is 0 Å². The molecule has 0 unspecified atom stereocenters. The molecule has 39 heavy (non-hydrogen) atoms. The van der Waals surface area contributed by atoms with Gasteiger partial charge in [-0.25, -0.2) is 4.98 Å². The summed E-state index contributed by atoms with van der Waals surface area (Å²) in [6, 6.07) is 21.0. The summed E-state index contributed by atoms with van der Waals surface area (Å²) in [5, 5.41) is 9.58. The molecule has 0 spiro atoms. The first-order chi connectivity index (χ1) is 18.7. The van der Waals surface area contributed by atoms with Crippen molar-refractivity contribution in [1.29, 1.82) is 0 Å². The quantitative estimate of drug-likeness (QED) is 0.139. The maximum absolute atomic E-state index is 12.5. The number of nitrogens with zero attached hydrogens (tertiary/aromatic N) is 3. The molecule has 0 aliphatic rings. The van der Waals surface area contributed by atoms with Crippen LogP contribution in [0.25, 0.3) is 27.5 Å². The second-order valence-corrected chi connectivity index (χ2v) is 8.98. The Balaban J connectivity index is 1.31. The summed E-state index contributed by atoms with van der Waals surface area (Å²) in [5.41, 5.74) is 7.76. The van der Waals surface area contributed by atoms with E-state index >= 15 is 0 Å². The molecule has 4 aromatic carbocycles. The van der Waals surface area contributed by atoms with Crippen molar-refractivity contribution in [2.24, 2.45) is 5.10 Å². The number of imidazole rings is 1. The first-order valence-corrected chi connectivity index (χ1v) is 12.1. The molecular weight excluding hydrogens is 527 g/mol. The van der Waals surface area contributed by atoms with E-state index in [1.807, 2.05) is 60.0 Å². The summed E-state index contributed by atoms with van der Waals surface area (Å²) in [7, 11) is 1.61. The fraction of sp³-hybridized carbons (Fsp3) is 0.107. The molecule has 0 saturated heterocycles. The minimum atomic E-state index is -4.74. The Labute approximate surface area is 226 Å². The second-order valence-electron chi connectivity index (χ2n) is 8.58. The number of anilines is 1. The average molecular weight is 550 g/mol. The van der Waals surface area contributed by atoms with Gasteiger partial charge in [-0.05, 0) is 78.1 Å². The van der Waals surface area contributed by atoms with Crippen LogP contribution in [0, 0.1) is 6.92 Å². The number of aromatic nitrogens is 2. The van der Waals surface area contributed by atoms with Crippen LogP contribution in [0.2, 0.25) is 0 Å². The molecule has 0 fully saturated rings. The van der Waals surface area contributed by atoms with Crippen molar-refractivity contribution in [3.63, 3.8) is 0 Å². The van der Waals surface area contributed by atoms with Gasteiger partial charge in [0.1, 0.15) is 17.8 Å². The number of methoxy groups -OCH3 is 1. The van der Waals surface area contributed by atoms with Gasteiger partial charge < -0.3 is 14.8 Å². The van der Waals surface area contributed by atoms with E-state index in [4.69, 9.17) is 17.0 Å². The van der Waals surface area contributed by atoms with Crippen LogP contribution in [0.1, 0.15) is 11.1 Å². The molecule has 2 N–H and O–H groups in total. The van der Waals surface area contributed by atoms with E-state index in [1.54, 1.807) is 31.8 Å². The molecule has 1 aromatic heterocycles. The monoisotopic (exact) mass is 549 g/mol. The normalized spacial score (nSPS) is 11.7. The number of halogens is 3. The van der Waals surface area contributed by atoms with Crippen molar-refractivity contribution in [3.05, 3.63) is 90.3 Å². The number of benzene rings is 4. The number of aryl methyl sites for hydroxylation is 1. The van der Waals surface area contributed by atoms with Crippen LogP contribution >= 0.6 is 12.2 Å². The number of ether oxygens (including phenoxy) is 2. The Hall–Kier alpha value is -4.64. The standard InChI is InChI=1S/C28H22F3N5O2S/c1-17-3-8-22(37-2)14-24(17)34-27(39)35-33-15-18-4-11-23-19(13-18)5-12-25-26(23)32-16-36(25)20-6-9-21(10-7-20)38-28(29,30)31/h3-16H,1-2H3,(H2,34,35,39)/b33-15+. The van der Waals surface area contributed by atoms with E-state index in [-0.39, 0.29) is 5.75 Å². The lowest BCUT2D eigenvalue weighted by molar-refractivity contribution is -0.274. The minimum absolute atomic E-state index is 0.281. The number of thiocarbonyl (C=S) groups is 1. The Morgan fingerprint density at radius 1 is 1.00 bits per heavy atom. The van der Waals surface area contributed by atoms with Crippen molar-refractivity contribution in [2.75, 3.05) is 12.4 Å². The lowest BCUT2D eigenvalue weighted by atomic mass is 10.1. The predicted molar refractivity (Wildman–Crippen MR) is 150 cm³/mol. The van der Waals surface area contributed by atoms with Gasteiger partial charge in [-0.3, -0.25) is 9.99 Å².